The highest BCUT2D eigenvalue weighted by atomic mass is 32.1. The highest BCUT2D eigenvalue weighted by molar-refractivity contribution is 7.21. The van der Waals surface area contributed by atoms with Crippen molar-refractivity contribution in [3.8, 4) is 0 Å². The number of hydrogen-bond acceptors (Lipinski definition) is 5. The molecule has 0 aliphatic carbocycles. The molecule has 0 atom stereocenters. The van der Waals surface area contributed by atoms with Crippen molar-refractivity contribution in [2.45, 2.75) is 0 Å². The number of fused-ring (bicyclic) bond motifs is 1. The Kier molecular flexibility index (Phi) is 3.86. The van der Waals surface area contributed by atoms with Crippen LogP contribution in [0.2, 0.25) is 0 Å². The number of ether oxygens (including phenoxy) is 1. The second-order valence-corrected chi connectivity index (χ2v) is 4.82. The second-order valence-electron chi connectivity index (χ2n) is 3.76. The molecule has 0 aliphatic heterocycles. The number of benzene rings is 1. The van der Waals surface area contributed by atoms with Gasteiger partial charge in [-0.2, -0.15) is 0 Å². The van der Waals surface area contributed by atoms with Crippen molar-refractivity contribution in [3.63, 3.8) is 0 Å². The van der Waals surface area contributed by atoms with Crippen LogP contribution in [-0.4, -0.2) is 25.2 Å². The predicted molar refractivity (Wildman–Crippen MR) is 74.1 cm³/mol. The lowest BCUT2D eigenvalue weighted by Crippen LogP contribution is -2.28. The topological polar surface area (TPSA) is 107 Å². The van der Waals surface area contributed by atoms with E-state index < -0.39 is 6.09 Å². The summed E-state index contributed by atoms with van der Waals surface area (Å²) in [4.78, 5) is 22.7. The van der Waals surface area contributed by atoms with Crippen molar-refractivity contribution in [2.75, 3.05) is 18.9 Å². The van der Waals surface area contributed by atoms with Gasteiger partial charge >= 0.3 is 6.09 Å². The lowest BCUT2D eigenvalue weighted by Gasteiger charge is -2.04. The van der Waals surface area contributed by atoms with E-state index in [9.17, 15) is 9.59 Å². The monoisotopic (exact) mass is 279 g/mol. The van der Waals surface area contributed by atoms with Gasteiger partial charge in [-0.25, -0.2) is 4.79 Å². The Bertz CT molecular complexity index is 624. The number of carbonyl (C=O) groups is 2. The molecule has 1 aromatic heterocycles. The van der Waals surface area contributed by atoms with Crippen molar-refractivity contribution >= 4 is 39.1 Å². The first-order chi connectivity index (χ1) is 9.09. The van der Waals surface area contributed by atoms with Crippen molar-refractivity contribution in [1.82, 2.24) is 5.32 Å². The largest absolute Gasteiger partial charge is 0.448 e. The zero-order valence-corrected chi connectivity index (χ0v) is 10.8. The molecule has 0 unspecified atom stereocenters. The van der Waals surface area contributed by atoms with Gasteiger partial charge in [-0.3, -0.25) is 4.79 Å². The molecule has 0 fully saturated rings. The summed E-state index contributed by atoms with van der Waals surface area (Å²) in [6, 6.07) is 7.53. The molecule has 6 nitrogen and oxygen atoms in total. The van der Waals surface area contributed by atoms with E-state index in [2.05, 4.69) is 10.1 Å². The van der Waals surface area contributed by atoms with Gasteiger partial charge in [0.2, 0.25) is 0 Å². The third kappa shape index (κ3) is 2.94. The van der Waals surface area contributed by atoms with Gasteiger partial charge in [0.25, 0.3) is 5.91 Å². The van der Waals surface area contributed by atoms with E-state index in [0.717, 1.165) is 10.1 Å². The fourth-order valence-electron chi connectivity index (χ4n) is 1.63. The second kappa shape index (κ2) is 5.57. The van der Waals surface area contributed by atoms with E-state index in [0.29, 0.717) is 10.6 Å². The Morgan fingerprint density at radius 1 is 1.32 bits per heavy atom. The van der Waals surface area contributed by atoms with Crippen molar-refractivity contribution in [2.24, 2.45) is 5.73 Å². The van der Waals surface area contributed by atoms with Crippen LogP contribution in [0.25, 0.3) is 10.1 Å². The van der Waals surface area contributed by atoms with Crippen LogP contribution < -0.4 is 16.8 Å². The van der Waals surface area contributed by atoms with Gasteiger partial charge in [0.1, 0.15) is 11.5 Å². The van der Waals surface area contributed by atoms with E-state index in [4.69, 9.17) is 11.5 Å². The van der Waals surface area contributed by atoms with E-state index in [1.807, 2.05) is 24.3 Å². The molecule has 0 saturated heterocycles. The van der Waals surface area contributed by atoms with Crippen molar-refractivity contribution in [1.29, 1.82) is 0 Å². The van der Waals surface area contributed by atoms with Crippen LogP contribution >= 0.6 is 11.3 Å². The maximum Gasteiger partial charge on any atom is 0.404 e. The summed E-state index contributed by atoms with van der Waals surface area (Å²) in [5, 5.41) is 3.48. The summed E-state index contributed by atoms with van der Waals surface area (Å²) in [6.45, 7) is 0.224. The molecule has 0 radical (unpaired) electrons. The number of nitrogen functional groups attached to an aromatic ring is 1. The first-order valence-corrected chi connectivity index (χ1v) is 6.38. The number of carbonyl (C=O) groups excluding carboxylic acids is 2. The summed E-state index contributed by atoms with van der Waals surface area (Å²) in [5.41, 5.74) is 11.2. The molecule has 1 heterocycles. The molecule has 2 aromatic rings. The molecule has 19 heavy (non-hydrogen) atoms. The number of nitrogens with one attached hydrogen (secondary N) is 1. The van der Waals surface area contributed by atoms with Gasteiger partial charge in [0.05, 0.1) is 12.2 Å². The molecular weight excluding hydrogens is 266 g/mol. The third-order valence-corrected chi connectivity index (χ3v) is 3.66. The van der Waals surface area contributed by atoms with Crippen molar-refractivity contribution < 1.29 is 14.3 Å². The normalized spacial score (nSPS) is 10.3. The van der Waals surface area contributed by atoms with Crippen LogP contribution in [0.1, 0.15) is 9.67 Å². The van der Waals surface area contributed by atoms with Gasteiger partial charge in [-0.15, -0.1) is 11.3 Å². The summed E-state index contributed by atoms with van der Waals surface area (Å²) in [6.07, 6.45) is -0.865. The van der Waals surface area contributed by atoms with Gasteiger partial charge in [-0.1, -0.05) is 18.2 Å². The number of hydrogen-bond donors (Lipinski definition) is 3. The van der Waals surface area contributed by atoms with E-state index in [1.54, 1.807) is 0 Å². The molecule has 1 aromatic carbocycles. The summed E-state index contributed by atoms with van der Waals surface area (Å²) in [7, 11) is 0. The number of thiophene rings is 1. The summed E-state index contributed by atoms with van der Waals surface area (Å²) in [5.74, 6) is -0.285. The minimum absolute atomic E-state index is 0.0336. The maximum absolute atomic E-state index is 11.9. The smallest absolute Gasteiger partial charge is 0.404 e. The highest BCUT2D eigenvalue weighted by Gasteiger charge is 2.15. The number of rotatable bonds is 4. The van der Waals surface area contributed by atoms with Crippen LogP contribution in [0.4, 0.5) is 10.5 Å². The summed E-state index contributed by atoms with van der Waals surface area (Å²) < 4.78 is 5.47. The highest BCUT2D eigenvalue weighted by Crippen LogP contribution is 2.33. The average molecular weight is 279 g/mol. The fraction of sp³-hybridized carbons (Fsp3) is 0.167. The minimum atomic E-state index is -0.865. The van der Waals surface area contributed by atoms with Crippen LogP contribution in [0.5, 0.6) is 0 Å². The van der Waals surface area contributed by atoms with Crippen molar-refractivity contribution in [3.05, 3.63) is 29.1 Å². The number of anilines is 1. The molecule has 5 N–H and O–H groups in total. The zero-order valence-electron chi connectivity index (χ0n) is 10.0. The Morgan fingerprint density at radius 2 is 2.05 bits per heavy atom. The molecule has 7 heteroatoms. The SMILES string of the molecule is NC(=O)OCCNC(=O)c1sc2ccccc2c1N. The average Bonchev–Trinajstić information content (AvgIpc) is 2.72. The molecule has 0 saturated carbocycles. The van der Waals surface area contributed by atoms with Crippen LogP contribution in [0.15, 0.2) is 24.3 Å². The van der Waals surface area contributed by atoms with Crippen LogP contribution in [-0.2, 0) is 4.74 Å². The maximum atomic E-state index is 11.9. The first kappa shape index (κ1) is 13.2. The van der Waals surface area contributed by atoms with E-state index in [1.165, 1.54) is 11.3 Å². The molecule has 2 amide bonds. The molecule has 0 spiro atoms. The molecule has 0 aliphatic rings. The molecular formula is C12H13N3O3S. The number of amides is 2. The Balaban J connectivity index is 2.05. The molecule has 0 bridgehead atoms. The van der Waals surface area contributed by atoms with E-state index >= 15 is 0 Å². The molecule has 2 rings (SSSR count). The van der Waals surface area contributed by atoms with Crippen LogP contribution in [0.3, 0.4) is 0 Å². The zero-order chi connectivity index (χ0) is 13.8. The lowest BCUT2D eigenvalue weighted by molar-refractivity contribution is 0.0941. The van der Waals surface area contributed by atoms with Crippen LogP contribution in [0, 0.1) is 0 Å². The summed E-state index contributed by atoms with van der Waals surface area (Å²) >= 11 is 1.33. The quantitative estimate of drug-likeness (QED) is 0.733. The van der Waals surface area contributed by atoms with Gasteiger partial charge in [0.15, 0.2) is 0 Å². The Morgan fingerprint density at radius 3 is 2.74 bits per heavy atom. The minimum Gasteiger partial charge on any atom is -0.448 e. The third-order valence-electron chi connectivity index (χ3n) is 2.47. The fourth-order valence-corrected chi connectivity index (χ4v) is 2.67. The number of nitrogens with two attached hydrogens (primary N) is 2. The standard InChI is InChI=1S/C12H13N3O3S/c13-9-7-3-1-2-4-8(7)19-10(9)11(16)15-5-6-18-12(14)17/h1-4H,5-6,13H2,(H2,14,17)(H,15,16). The Labute approximate surface area is 113 Å². The first-order valence-electron chi connectivity index (χ1n) is 5.57. The van der Waals surface area contributed by atoms with E-state index in [-0.39, 0.29) is 19.1 Å². The van der Waals surface area contributed by atoms with Gasteiger partial charge in [-0.05, 0) is 6.07 Å². The molecule has 100 valence electrons. The lowest BCUT2D eigenvalue weighted by atomic mass is 10.2. The Hall–Kier alpha value is -2.28. The van der Waals surface area contributed by atoms with Gasteiger partial charge < -0.3 is 21.5 Å². The predicted octanol–water partition coefficient (Wildman–Crippen LogP) is 1.31. The van der Waals surface area contributed by atoms with Gasteiger partial charge in [0, 0.05) is 10.1 Å². The number of primary amides is 1.